The first kappa shape index (κ1) is 14.0. The van der Waals surface area contributed by atoms with Crippen LogP contribution < -0.4 is 4.74 Å². The van der Waals surface area contributed by atoms with Crippen molar-refractivity contribution < 1.29 is 9.84 Å². The molecule has 0 saturated carbocycles. The van der Waals surface area contributed by atoms with Gasteiger partial charge in [0.1, 0.15) is 10.8 Å². The van der Waals surface area contributed by atoms with E-state index in [-0.39, 0.29) is 12.6 Å². The average molecular weight is 278 g/mol. The van der Waals surface area contributed by atoms with Crippen LogP contribution in [0.25, 0.3) is 0 Å². The zero-order valence-corrected chi connectivity index (χ0v) is 11.9. The summed E-state index contributed by atoms with van der Waals surface area (Å²) in [6, 6.07) is 7.76. The first-order chi connectivity index (χ1) is 9.24. The molecular weight excluding hydrogens is 260 g/mol. The van der Waals surface area contributed by atoms with Crippen LogP contribution in [0.3, 0.4) is 0 Å². The van der Waals surface area contributed by atoms with Crippen LogP contribution in [0, 0.1) is 0 Å². The highest BCUT2D eigenvalue weighted by Crippen LogP contribution is 2.23. The molecule has 1 unspecified atom stereocenters. The second-order valence-corrected chi connectivity index (χ2v) is 5.29. The molecule has 1 atom stereocenters. The molecule has 4 nitrogen and oxygen atoms in total. The van der Waals surface area contributed by atoms with Crippen molar-refractivity contribution in [2.75, 3.05) is 20.8 Å². The quantitative estimate of drug-likeness (QED) is 0.881. The van der Waals surface area contributed by atoms with Gasteiger partial charge in [-0.15, -0.1) is 11.3 Å². The van der Waals surface area contributed by atoms with Crippen LogP contribution in [0.5, 0.6) is 5.75 Å². The van der Waals surface area contributed by atoms with E-state index in [2.05, 4.69) is 9.88 Å². The Bertz CT molecular complexity index is 485. The largest absolute Gasteiger partial charge is 0.497 e. The van der Waals surface area contributed by atoms with Crippen LogP contribution in [0.4, 0.5) is 0 Å². The summed E-state index contributed by atoms with van der Waals surface area (Å²) in [6.45, 7) is 0.809. The Hall–Kier alpha value is -1.43. The molecule has 1 aromatic heterocycles. The van der Waals surface area contributed by atoms with Crippen LogP contribution in [-0.2, 0) is 6.54 Å². The lowest BCUT2D eigenvalue weighted by Gasteiger charge is -2.26. The van der Waals surface area contributed by atoms with Crippen molar-refractivity contribution >= 4 is 11.3 Å². The van der Waals surface area contributed by atoms with Gasteiger partial charge >= 0.3 is 0 Å². The summed E-state index contributed by atoms with van der Waals surface area (Å²) < 4.78 is 5.14. The SMILES string of the molecule is COc1ccc(C(CO)N(C)Cc2nccs2)cc1. The van der Waals surface area contributed by atoms with E-state index in [1.807, 2.05) is 36.7 Å². The van der Waals surface area contributed by atoms with Crippen molar-refractivity contribution in [3.63, 3.8) is 0 Å². The molecule has 2 rings (SSSR count). The number of hydrogen-bond donors (Lipinski definition) is 1. The fourth-order valence-electron chi connectivity index (χ4n) is 1.98. The Labute approximate surface area is 117 Å². The van der Waals surface area contributed by atoms with Crippen molar-refractivity contribution in [2.45, 2.75) is 12.6 Å². The molecule has 0 fully saturated rings. The van der Waals surface area contributed by atoms with Gasteiger partial charge in [-0.25, -0.2) is 4.98 Å². The summed E-state index contributed by atoms with van der Waals surface area (Å²) in [4.78, 5) is 6.37. The molecule has 1 heterocycles. The Kier molecular flexibility index (Phi) is 4.90. The maximum atomic E-state index is 9.62. The average Bonchev–Trinajstić information content (AvgIpc) is 2.93. The number of likely N-dealkylation sites (N-methyl/N-ethyl adjacent to an activating group) is 1. The zero-order chi connectivity index (χ0) is 13.7. The van der Waals surface area contributed by atoms with Gasteiger partial charge in [0.05, 0.1) is 26.3 Å². The number of aliphatic hydroxyl groups is 1. The monoisotopic (exact) mass is 278 g/mol. The summed E-state index contributed by atoms with van der Waals surface area (Å²) in [5, 5.41) is 12.6. The number of ether oxygens (including phenoxy) is 1. The second kappa shape index (κ2) is 6.65. The van der Waals surface area contributed by atoms with E-state index in [0.717, 1.165) is 22.9 Å². The smallest absolute Gasteiger partial charge is 0.118 e. The van der Waals surface area contributed by atoms with Gasteiger partial charge in [-0.2, -0.15) is 0 Å². The third kappa shape index (κ3) is 3.53. The van der Waals surface area contributed by atoms with E-state index in [0.29, 0.717) is 0 Å². The van der Waals surface area contributed by atoms with Crippen molar-refractivity contribution in [1.29, 1.82) is 0 Å². The number of rotatable bonds is 6. The van der Waals surface area contributed by atoms with Crippen LogP contribution in [0.2, 0.25) is 0 Å². The van der Waals surface area contributed by atoms with Crippen molar-refractivity contribution in [3.05, 3.63) is 46.4 Å². The van der Waals surface area contributed by atoms with E-state index in [1.165, 1.54) is 0 Å². The van der Waals surface area contributed by atoms with Crippen molar-refractivity contribution in [2.24, 2.45) is 0 Å². The van der Waals surface area contributed by atoms with Crippen LogP contribution in [0.1, 0.15) is 16.6 Å². The third-order valence-electron chi connectivity index (χ3n) is 3.07. The molecule has 0 bridgehead atoms. The predicted octanol–water partition coefficient (Wildman–Crippen LogP) is 2.32. The van der Waals surface area contributed by atoms with Gasteiger partial charge < -0.3 is 9.84 Å². The van der Waals surface area contributed by atoms with E-state index < -0.39 is 0 Å². The number of nitrogens with zero attached hydrogens (tertiary/aromatic N) is 2. The van der Waals surface area contributed by atoms with Gasteiger partial charge in [-0.1, -0.05) is 12.1 Å². The Balaban J connectivity index is 2.09. The number of benzene rings is 1. The highest BCUT2D eigenvalue weighted by molar-refractivity contribution is 7.09. The number of methoxy groups -OCH3 is 1. The highest BCUT2D eigenvalue weighted by Gasteiger charge is 2.17. The molecule has 0 spiro atoms. The molecule has 0 aliphatic rings. The minimum absolute atomic E-state index is 0.0326. The molecule has 0 aliphatic carbocycles. The maximum Gasteiger partial charge on any atom is 0.118 e. The molecular formula is C14H18N2O2S. The molecule has 19 heavy (non-hydrogen) atoms. The Morgan fingerprint density at radius 1 is 1.37 bits per heavy atom. The molecule has 1 aromatic carbocycles. The molecule has 5 heteroatoms. The molecule has 2 aromatic rings. The topological polar surface area (TPSA) is 45.6 Å². The predicted molar refractivity (Wildman–Crippen MR) is 76.4 cm³/mol. The number of thiazole rings is 1. The molecule has 0 radical (unpaired) electrons. The molecule has 1 N–H and O–H groups in total. The second-order valence-electron chi connectivity index (χ2n) is 4.31. The van der Waals surface area contributed by atoms with Crippen molar-refractivity contribution in [1.82, 2.24) is 9.88 Å². The van der Waals surface area contributed by atoms with E-state index in [9.17, 15) is 5.11 Å². The summed E-state index contributed by atoms with van der Waals surface area (Å²) in [5.74, 6) is 0.822. The van der Waals surface area contributed by atoms with Gasteiger partial charge in [0, 0.05) is 11.6 Å². The standard InChI is InChI=1S/C14H18N2O2S/c1-16(9-14-15-7-8-19-14)13(10-17)11-3-5-12(18-2)6-4-11/h3-8,13,17H,9-10H2,1-2H3. The lowest BCUT2D eigenvalue weighted by Crippen LogP contribution is -2.26. The molecule has 0 aliphatic heterocycles. The number of aromatic nitrogens is 1. The van der Waals surface area contributed by atoms with E-state index in [4.69, 9.17) is 4.74 Å². The lowest BCUT2D eigenvalue weighted by molar-refractivity contribution is 0.142. The van der Waals surface area contributed by atoms with Gasteiger partial charge in [0.2, 0.25) is 0 Å². The summed E-state index contributed by atoms with van der Waals surface area (Å²) in [6.07, 6.45) is 1.80. The molecule has 0 amide bonds. The summed E-state index contributed by atoms with van der Waals surface area (Å²) in [5.41, 5.74) is 1.07. The maximum absolute atomic E-state index is 9.62. The first-order valence-corrected chi connectivity index (χ1v) is 6.96. The molecule has 102 valence electrons. The number of aliphatic hydroxyl groups excluding tert-OH is 1. The van der Waals surface area contributed by atoms with Crippen molar-refractivity contribution in [3.8, 4) is 5.75 Å². The normalized spacial score (nSPS) is 12.6. The minimum atomic E-state index is -0.0326. The lowest BCUT2D eigenvalue weighted by atomic mass is 10.1. The van der Waals surface area contributed by atoms with Crippen LogP contribution in [-0.4, -0.2) is 35.8 Å². The van der Waals surface area contributed by atoms with E-state index in [1.54, 1.807) is 24.6 Å². The van der Waals surface area contributed by atoms with Gasteiger partial charge in [0.25, 0.3) is 0 Å². The minimum Gasteiger partial charge on any atom is -0.497 e. The van der Waals surface area contributed by atoms with E-state index >= 15 is 0 Å². The van der Waals surface area contributed by atoms with Crippen LogP contribution in [0.15, 0.2) is 35.8 Å². The first-order valence-electron chi connectivity index (χ1n) is 6.08. The Morgan fingerprint density at radius 2 is 2.11 bits per heavy atom. The van der Waals surface area contributed by atoms with Gasteiger partial charge in [-0.3, -0.25) is 4.90 Å². The fraction of sp³-hybridized carbons (Fsp3) is 0.357. The number of hydrogen-bond acceptors (Lipinski definition) is 5. The van der Waals surface area contributed by atoms with Crippen LogP contribution >= 0.6 is 11.3 Å². The zero-order valence-electron chi connectivity index (χ0n) is 11.1. The summed E-state index contributed by atoms with van der Waals surface area (Å²) in [7, 11) is 3.64. The van der Waals surface area contributed by atoms with Gasteiger partial charge in [-0.05, 0) is 24.7 Å². The fourth-order valence-corrected chi connectivity index (χ4v) is 2.66. The third-order valence-corrected chi connectivity index (χ3v) is 3.84. The molecule has 0 saturated heterocycles. The summed E-state index contributed by atoms with van der Waals surface area (Å²) >= 11 is 1.63. The highest BCUT2D eigenvalue weighted by atomic mass is 32.1. The Morgan fingerprint density at radius 3 is 2.63 bits per heavy atom. The van der Waals surface area contributed by atoms with Gasteiger partial charge in [0.15, 0.2) is 0 Å².